The van der Waals surface area contributed by atoms with Gasteiger partial charge >= 0.3 is 5.97 Å². The normalized spacial score (nSPS) is 12.0. The molecular weight excluding hydrogens is 317 g/mol. The van der Waals surface area contributed by atoms with Gasteiger partial charge in [0.1, 0.15) is 6.04 Å². The summed E-state index contributed by atoms with van der Waals surface area (Å²) in [7, 11) is 0. The number of benzene rings is 1. The van der Waals surface area contributed by atoms with Crippen LogP contribution in [-0.2, 0) is 4.79 Å². The number of carboxylic acid groups (broad SMARTS) is 1. The van der Waals surface area contributed by atoms with Crippen LogP contribution in [-0.4, -0.2) is 26.8 Å². The largest absolute Gasteiger partial charge is 0.480 e. The fraction of sp³-hybridized carbons (Fsp3) is 0.154. The Labute approximate surface area is 130 Å². The van der Waals surface area contributed by atoms with Gasteiger partial charge in [-0.15, -0.1) is 0 Å². The molecule has 0 spiro atoms. The van der Waals surface area contributed by atoms with Crippen molar-refractivity contribution in [3.8, 4) is 0 Å². The molecule has 21 heavy (non-hydrogen) atoms. The van der Waals surface area contributed by atoms with Crippen LogP contribution in [0.4, 0.5) is 5.69 Å². The number of hydrogen-bond acceptors (Lipinski definition) is 3. The minimum absolute atomic E-state index is 0.245. The van der Waals surface area contributed by atoms with Gasteiger partial charge in [-0.05, 0) is 25.1 Å². The number of nitrogens with one attached hydrogen (secondary N) is 1. The lowest BCUT2D eigenvalue weighted by Crippen LogP contribution is -2.16. The molecule has 1 aromatic carbocycles. The zero-order valence-electron chi connectivity index (χ0n) is 10.9. The first-order valence-corrected chi connectivity index (χ1v) is 6.67. The molecule has 0 fully saturated rings. The maximum Gasteiger partial charge on any atom is 0.328 e. The van der Waals surface area contributed by atoms with Crippen molar-refractivity contribution in [2.45, 2.75) is 13.0 Å². The summed E-state index contributed by atoms with van der Waals surface area (Å²) >= 11 is 11.6. The maximum atomic E-state index is 12.0. The summed E-state index contributed by atoms with van der Waals surface area (Å²) in [5.74, 6) is -1.45. The Balaban J connectivity index is 2.13. The lowest BCUT2D eigenvalue weighted by atomic mass is 10.3. The Morgan fingerprint density at radius 2 is 2.05 bits per heavy atom. The highest BCUT2D eigenvalue weighted by Gasteiger charge is 2.16. The molecule has 2 aromatic rings. The third-order valence-electron chi connectivity index (χ3n) is 2.80. The van der Waals surface area contributed by atoms with Crippen molar-refractivity contribution >= 4 is 40.8 Å². The molecule has 0 aliphatic heterocycles. The average Bonchev–Trinajstić information content (AvgIpc) is 2.91. The van der Waals surface area contributed by atoms with E-state index in [9.17, 15) is 9.59 Å². The molecule has 1 unspecified atom stereocenters. The van der Waals surface area contributed by atoms with Crippen molar-refractivity contribution in [1.82, 2.24) is 9.78 Å². The number of halogens is 2. The van der Waals surface area contributed by atoms with Crippen LogP contribution in [0.5, 0.6) is 0 Å². The lowest BCUT2D eigenvalue weighted by molar-refractivity contribution is -0.140. The van der Waals surface area contributed by atoms with Gasteiger partial charge in [-0.3, -0.25) is 9.48 Å². The summed E-state index contributed by atoms with van der Waals surface area (Å²) in [6.07, 6.45) is 2.66. The minimum Gasteiger partial charge on any atom is -0.480 e. The van der Waals surface area contributed by atoms with Gasteiger partial charge in [0.25, 0.3) is 5.91 Å². The summed E-state index contributed by atoms with van der Waals surface area (Å²) in [6.45, 7) is 1.47. The van der Waals surface area contributed by atoms with Crippen molar-refractivity contribution in [2.24, 2.45) is 0 Å². The third-order valence-corrected chi connectivity index (χ3v) is 3.53. The average molecular weight is 328 g/mol. The second-order valence-electron chi connectivity index (χ2n) is 4.31. The molecule has 2 N–H and O–H groups in total. The van der Waals surface area contributed by atoms with Gasteiger partial charge in [0.2, 0.25) is 0 Å². The molecule has 0 radical (unpaired) electrons. The fourth-order valence-corrected chi connectivity index (χ4v) is 1.86. The van der Waals surface area contributed by atoms with Crippen molar-refractivity contribution in [1.29, 1.82) is 0 Å². The molecule has 2 rings (SSSR count). The third kappa shape index (κ3) is 3.53. The molecule has 8 heteroatoms. The molecule has 0 saturated carbocycles. The molecule has 1 aromatic heterocycles. The first-order chi connectivity index (χ1) is 9.88. The topological polar surface area (TPSA) is 84.2 Å². The van der Waals surface area contributed by atoms with E-state index in [1.165, 1.54) is 30.1 Å². The summed E-state index contributed by atoms with van der Waals surface area (Å²) in [4.78, 5) is 22.9. The van der Waals surface area contributed by atoms with E-state index in [0.29, 0.717) is 15.7 Å². The van der Waals surface area contributed by atoms with Crippen molar-refractivity contribution in [3.63, 3.8) is 0 Å². The number of anilines is 1. The van der Waals surface area contributed by atoms with Crippen molar-refractivity contribution in [3.05, 3.63) is 46.2 Å². The molecule has 0 aliphatic carbocycles. The molecule has 0 bridgehead atoms. The highest BCUT2D eigenvalue weighted by Crippen LogP contribution is 2.25. The second-order valence-corrected chi connectivity index (χ2v) is 5.12. The van der Waals surface area contributed by atoms with Crippen LogP contribution >= 0.6 is 23.2 Å². The SMILES string of the molecule is CC(C(=O)O)n1cc(C(=O)Nc2ccc(Cl)c(Cl)c2)cn1. The zero-order valence-corrected chi connectivity index (χ0v) is 12.4. The van der Waals surface area contributed by atoms with Crippen LogP contribution in [0.2, 0.25) is 10.0 Å². The van der Waals surface area contributed by atoms with Gasteiger partial charge in [-0.2, -0.15) is 5.10 Å². The monoisotopic (exact) mass is 327 g/mol. The van der Waals surface area contributed by atoms with E-state index in [2.05, 4.69) is 10.4 Å². The maximum absolute atomic E-state index is 12.0. The molecule has 0 saturated heterocycles. The standard InChI is InChI=1S/C13H11Cl2N3O3/c1-7(13(20)21)18-6-8(5-16-18)12(19)17-9-2-3-10(14)11(15)4-9/h2-7H,1H3,(H,17,19)(H,20,21). The molecule has 1 amide bonds. The zero-order chi connectivity index (χ0) is 15.6. The van der Waals surface area contributed by atoms with Crippen LogP contribution in [0.1, 0.15) is 23.3 Å². The number of aromatic nitrogens is 2. The first kappa shape index (κ1) is 15.3. The summed E-state index contributed by atoms with van der Waals surface area (Å²) < 4.78 is 1.20. The number of rotatable bonds is 4. The van der Waals surface area contributed by atoms with E-state index in [1.54, 1.807) is 12.1 Å². The molecule has 1 heterocycles. The summed E-state index contributed by atoms with van der Waals surface area (Å²) in [5.41, 5.74) is 0.725. The first-order valence-electron chi connectivity index (χ1n) is 5.92. The predicted octanol–water partition coefficient (Wildman–Crippen LogP) is 3.09. The Morgan fingerprint density at radius 1 is 1.33 bits per heavy atom. The van der Waals surface area contributed by atoms with Gasteiger partial charge in [0, 0.05) is 11.9 Å². The van der Waals surface area contributed by atoms with Gasteiger partial charge in [0.15, 0.2) is 0 Å². The van der Waals surface area contributed by atoms with E-state index in [4.69, 9.17) is 28.3 Å². The fourth-order valence-electron chi connectivity index (χ4n) is 1.56. The quantitative estimate of drug-likeness (QED) is 0.903. The van der Waals surface area contributed by atoms with E-state index >= 15 is 0 Å². The van der Waals surface area contributed by atoms with Crippen LogP contribution in [0.25, 0.3) is 0 Å². The van der Waals surface area contributed by atoms with E-state index in [1.807, 2.05) is 0 Å². The highest BCUT2D eigenvalue weighted by atomic mass is 35.5. The van der Waals surface area contributed by atoms with E-state index in [-0.39, 0.29) is 5.56 Å². The molecular formula is C13H11Cl2N3O3. The second kappa shape index (κ2) is 6.15. The van der Waals surface area contributed by atoms with E-state index < -0.39 is 17.9 Å². The number of carboxylic acids is 1. The number of amides is 1. The van der Waals surface area contributed by atoms with Gasteiger partial charge < -0.3 is 10.4 Å². The highest BCUT2D eigenvalue weighted by molar-refractivity contribution is 6.42. The lowest BCUT2D eigenvalue weighted by Gasteiger charge is -2.06. The number of hydrogen-bond donors (Lipinski definition) is 2. The Bertz CT molecular complexity index is 700. The smallest absolute Gasteiger partial charge is 0.328 e. The van der Waals surface area contributed by atoms with Gasteiger partial charge in [-0.25, -0.2) is 4.79 Å². The molecule has 6 nitrogen and oxygen atoms in total. The van der Waals surface area contributed by atoms with Crippen molar-refractivity contribution in [2.75, 3.05) is 5.32 Å². The Hall–Kier alpha value is -2.05. The van der Waals surface area contributed by atoms with Gasteiger partial charge in [-0.1, -0.05) is 23.2 Å². The predicted molar refractivity (Wildman–Crippen MR) is 79.0 cm³/mol. The Kier molecular flexibility index (Phi) is 4.50. The van der Waals surface area contributed by atoms with Gasteiger partial charge in [0.05, 0.1) is 21.8 Å². The van der Waals surface area contributed by atoms with Crippen LogP contribution < -0.4 is 5.32 Å². The number of carbonyl (C=O) groups is 2. The molecule has 110 valence electrons. The van der Waals surface area contributed by atoms with Crippen LogP contribution in [0.3, 0.4) is 0 Å². The Morgan fingerprint density at radius 3 is 2.67 bits per heavy atom. The number of nitrogens with zero attached hydrogens (tertiary/aromatic N) is 2. The summed E-state index contributed by atoms with van der Waals surface area (Å²) in [5, 5.41) is 16.1. The van der Waals surface area contributed by atoms with E-state index in [0.717, 1.165) is 0 Å². The van der Waals surface area contributed by atoms with Crippen LogP contribution in [0, 0.1) is 0 Å². The van der Waals surface area contributed by atoms with Crippen molar-refractivity contribution < 1.29 is 14.7 Å². The minimum atomic E-state index is -1.03. The molecule has 0 aliphatic rings. The van der Waals surface area contributed by atoms with Crippen LogP contribution in [0.15, 0.2) is 30.6 Å². The summed E-state index contributed by atoms with van der Waals surface area (Å²) in [6, 6.07) is 3.84. The number of aliphatic carboxylic acids is 1. The number of carbonyl (C=O) groups excluding carboxylic acids is 1. The molecule has 1 atom stereocenters.